The van der Waals surface area contributed by atoms with Gasteiger partial charge in [-0.2, -0.15) is 0 Å². The van der Waals surface area contributed by atoms with Crippen LogP contribution in [0.4, 0.5) is 0 Å². The van der Waals surface area contributed by atoms with Gasteiger partial charge in [0.2, 0.25) is 0 Å². The highest BCUT2D eigenvalue weighted by atomic mass is 16.5. The third-order valence-electron chi connectivity index (χ3n) is 11.0. The summed E-state index contributed by atoms with van der Waals surface area (Å²) in [6.07, 6.45) is 17.2. The Balaban J connectivity index is 1.45. The largest absolute Gasteiger partial charge is 0.462 e. The Kier molecular flexibility index (Phi) is 7.43. The van der Waals surface area contributed by atoms with Crippen LogP contribution in [0.3, 0.4) is 0 Å². The molecule has 4 aliphatic rings. The number of ether oxygens (including phenoxy) is 1. The molecule has 3 fully saturated rings. The van der Waals surface area contributed by atoms with E-state index in [4.69, 9.17) is 4.74 Å². The zero-order valence-electron chi connectivity index (χ0n) is 22.8. The van der Waals surface area contributed by atoms with Gasteiger partial charge in [0.05, 0.1) is 5.92 Å². The second-order valence-electron chi connectivity index (χ2n) is 13.7. The maximum atomic E-state index is 12.2. The molecule has 0 heterocycles. The van der Waals surface area contributed by atoms with Crippen LogP contribution in [0.1, 0.15) is 119 Å². The van der Waals surface area contributed by atoms with Gasteiger partial charge in [-0.05, 0) is 91.3 Å². The molecule has 8 atom stereocenters. The van der Waals surface area contributed by atoms with E-state index in [0.717, 1.165) is 48.3 Å². The van der Waals surface area contributed by atoms with Gasteiger partial charge in [0.1, 0.15) is 6.10 Å². The molecule has 0 N–H and O–H groups in total. The zero-order valence-corrected chi connectivity index (χ0v) is 22.8. The molecule has 3 saturated carbocycles. The van der Waals surface area contributed by atoms with Gasteiger partial charge in [0.15, 0.2) is 0 Å². The standard InChI is InChI=1S/C31H52O2/c1-20(2)9-8-10-22(5)26-13-14-27-25-12-11-23-19-24(33-29(32)21(3)4)15-17-30(23,6)28(25)16-18-31(26,27)7/h11,20-22,24-28H,8-10,12-19H2,1-7H3/t22-,24-,25+,26-,27+,28+,30-,31-/m0/s1. The van der Waals surface area contributed by atoms with Crippen molar-refractivity contribution >= 4 is 5.97 Å². The van der Waals surface area contributed by atoms with E-state index >= 15 is 0 Å². The normalized spacial score (nSPS) is 41.2. The maximum absolute atomic E-state index is 12.2. The number of hydrogen-bond acceptors (Lipinski definition) is 2. The Bertz CT molecular complexity index is 735. The van der Waals surface area contributed by atoms with E-state index in [1.54, 1.807) is 5.57 Å². The van der Waals surface area contributed by atoms with Crippen molar-refractivity contribution in [3.63, 3.8) is 0 Å². The molecule has 0 saturated heterocycles. The molecule has 0 aromatic rings. The fourth-order valence-electron chi connectivity index (χ4n) is 9.05. The lowest BCUT2D eigenvalue weighted by Gasteiger charge is -2.58. The van der Waals surface area contributed by atoms with E-state index in [-0.39, 0.29) is 18.0 Å². The maximum Gasteiger partial charge on any atom is 0.308 e. The molecule has 0 unspecified atom stereocenters. The number of hydrogen-bond donors (Lipinski definition) is 0. The average molecular weight is 457 g/mol. The predicted octanol–water partition coefficient (Wildman–Crippen LogP) is 8.60. The van der Waals surface area contributed by atoms with Gasteiger partial charge in [-0.3, -0.25) is 4.79 Å². The first-order valence-corrected chi connectivity index (χ1v) is 14.5. The summed E-state index contributed by atoms with van der Waals surface area (Å²) in [5, 5.41) is 0. The molecular weight excluding hydrogens is 404 g/mol. The summed E-state index contributed by atoms with van der Waals surface area (Å²) in [5.74, 6) is 5.24. The third kappa shape index (κ3) is 4.71. The van der Waals surface area contributed by atoms with E-state index in [1.165, 1.54) is 57.8 Å². The van der Waals surface area contributed by atoms with Crippen molar-refractivity contribution in [1.82, 2.24) is 0 Å². The highest BCUT2D eigenvalue weighted by molar-refractivity contribution is 5.71. The molecule has 4 rings (SSSR count). The molecule has 0 spiro atoms. The van der Waals surface area contributed by atoms with Crippen LogP contribution in [-0.2, 0) is 9.53 Å². The fraction of sp³-hybridized carbons (Fsp3) is 0.903. The van der Waals surface area contributed by atoms with Gasteiger partial charge >= 0.3 is 5.97 Å². The molecular formula is C31H52O2. The molecule has 188 valence electrons. The number of carbonyl (C=O) groups is 1. The van der Waals surface area contributed by atoms with E-state index in [0.29, 0.717) is 10.8 Å². The van der Waals surface area contributed by atoms with Crippen molar-refractivity contribution in [1.29, 1.82) is 0 Å². The molecule has 0 radical (unpaired) electrons. The number of esters is 1. The monoisotopic (exact) mass is 456 g/mol. The minimum Gasteiger partial charge on any atom is -0.462 e. The lowest BCUT2D eigenvalue weighted by Crippen LogP contribution is -2.51. The smallest absolute Gasteiger partial charge is 0.308 e. The molecule has 2 nitrogen and oxygen atoms in total. The number of fused-ring (bicyclic) bond motifs is 5. The number of carbonyl (C=O) groups excluding carboxylic acids is 1. The molecule has 0 aliphatic heterocycles. The van der Waals surface area contributed by atoms with Gasteiger partial charge in [-0.1, -0.05) is 79.4 Å². The first-order valence-electron chi connectivity index (χ1n) is 14.5. The van der Waals surface area contributed by atoms with Crippen molar-refractivity contribution < 1.29 is 9.53 Å². The van der Waals surface area contributed by atoms with Crippen molar-refractivity contribution in [2.45, 2.75) is 125 Å². The van der Waals surface area contributed by atoms with E-state index < -0.39 is 0 Å². The number of allylic oxidation sites excluding steroid dienone is 1. The summed E-state index contributed by atoms with van der Waals surface area (Å²) in [7, 11) is 0. The van der Waals surface area contributed by atoms with E-state index in [1.807, 2.05) is 13.8 Å². The summed E-state index contributed by atoms with van der Waals surface area (Å²) in [6.45, 7) is 16.5. The number of rotatable bonds is 7. The Hall–Kier alpha value is -0.790. The first kappa shape index (κ1) is 25.3. The molecule has 0 amide bonds. The summed E-state index contributed by atoms with van der Waals surface area (Å²) < 4.78 is 5.88. The van der Waals surface area contributed by atoms with Crippen LogP contribution in [0.25, 0.3) is 0 Å². The third-order valence-corrected chi connectivity index (χ3v) is 11.0. The molecule has 0 bridgehead atoms. The van der Waals surface area contributed by atoms with Gasteiger partial charge in [-0.25, -0.2) is 0 Å². The van der Waals surface area contributed by atoms with Crippen LogP contribution in [-0.4, -0.2) is 12.1 Å². The predicted molar refractivity (Wildman–Crippen MR) is 138 cm³/mol. The summed E-state index contributed by atoms with van der Waals surface area (Å²) in [6, 6.07) is 0. The van der Waals surface area contributed by atoms with Crippen molar-refractivity contribution in [2.75, 3.05) is 0 Å². The molecule has 0 aromatic heterocycles. The lowest BCUT2D eigenvalue weighted by molar-refractivity contribution is -0.155. The average Bonchev–Trinajstić information content (AvgIpc) is 3.11. The minimum atomic E-state index is -0.0258. The second kappa shape index (κ2) is 9.69. The molecule has 0 aromatic carbocycles. The van der Waals surface area contributed by atoms with Crippen molar-refractivity contribution in [3.8, 4) is 0 Å². The molecule has 2 heteroatoms. The van der Waals surface area contributed by atoms with E-state index in [2.05, 4.69) is 40.7 Å². The van der Waals surface area contributed by atoms with Gasteiger partial charge in [0.25, 0.3) is 0 Å². The summed E-state index contributed by atoms with van der Waals surface area (Å²) in [5.41, 5.74) is 2.52. The van der Waals surface area contributed by atoms with Gasteiger partial charge in [-0.15, -0.1) is 0 Å². The summed E-state index contributed by atoms with van der Waals surface area (Å²) in [4.78, 5) is 12.2. The van der Waals surface area contributed by atoms with Crippen molar-refractivity contribution in [2.24, 2.45) is 52.3 Å². The second-order valence-corrected chi connectivity index (χ2v) is 13.7. The quantitative estimate of drug-likeness (QED) is 0.283. The van der Waals surface area contributed by atoms with Gasteiger partial charge < -0.3 is 4.74 Å². The topological polar surface area (TPSA) is 26.3 Å². The summed E-state index contributed by atoms with van der Waals surface area (Å²) >= 11 is 0. The Morgan fingerprint density at radius 2 is 1.76 bits per heavy atom. The van der Waals surface area contributed by atoms with Crippen LogP contribution < -0.4 is 0 Å². The lowest BCUT2D eigenvalue weighted by atomic mass is 9.47. The highest BCUT2D eigenvalue weighted by Crippen LogP contribution is 2.67. The first-order chi connectivity index (χ1) is 15.6. The van der Waals surface area contributed by atoms with Crippen LogP contribution in [0.15, 0.2) is 11.6 Å². The Morgan fingerprint density at radius 3 is 2.45 bits per heavy atom. The van der Waals surface area contributed by atoms with Crippen LogP contribution >= 0.6 is 0 Å². The van der Waals surface area contributed by atoms with Crippen LogP contribution in [0.2, 0.25) is 0 Å². The van der Waals surface area contributed by atoms with Crippen LogP contribution in [0, 0.1) is 52.3 Å². The SMILES string of the molecule is CC(C)CCC[C@H](C)[C@@H]1CC[C@@H]2[C@H]3CC=C4C[C@@H](OC(=O)C(C)C)CC[C@]4(C)[C@@H]3CC[C@]21C. The molecule has 4 aliphatic carbocycles. The highest BCUT2D eigenvalue weighted by Gasteiger charge is 2.59. The Labute approximate surface area is 204 Å². The fourth-order valence-corrected chi connectivity index (χ4v) is 9.05. The zero-order chi connectivity index (χ0) is 24.0. The Morgan fingerprint density at radius 1 is 1.00 bits per heavy atom. The van der Waals surface area contributed by atoms with Gasteiger partial charge in [0, 0.05) is 6.42 Å². The van der Waals surface area contributed by atoms with E-state index in [9.17, 15) is 4.79 Å². The van der Waals surface area contributed by atoms with Crippen molar-refractivity contribution in [3.05, 3.63) is 11.6 Å². The van der Waals surface area contributed by atoms with Crippen LogP contribution in [0.5, 0.6) is 0 Å². The minimum absolute atomic E-state index is 0.0224. The molecule has 33 heavy (non-hydrogen) atoms.